The molecule has 0 radical (unpaired) electrons. The maximum atomic E-state index is 14.2. The number of para-hydroxylation sites is 2. The van der Waals surface area contributed by atoms with Crippen molar-refractivity contribution >= 4 is 28.5 Å². The number of carbonyl (C=O) groups excluding carboxylic acids is 1. The minimum atomic E-state index is -0.201. The van der Waals surface area contributed by atoms with Crippen LogP contribution in [0.4, 0.5) is 4.39 Å². The predicted octanol–water partition coefficient (Wildman–Crippen LogP) is 6.02. The Labute approximate surface area is 192 Å². The van der Waals surface area contributed by atoms with Crippen LogP contribution in [0.15, 0.2) is 72.8 Å². The number of nitrogens with one attached hydrogen (secondary N) is 1. The second-order valence-electron chi connectivity index (χ2n) is 7.77. The number of amides is 1. The quantitative estimate of drug-likeness (QED) is 0.317. The lowest BCUT2D eigenvalue weighted by Crippen LogP contribution is -2.24. The van der Waals surface area contributed by atoms with Gasteiger partial charge in [0, 0.05) is 29.1 Å². The van der Waals surface area contributed by atoms with Gasteiger partial charge in [0.1, 0.15) is 11.6 Å². The molecule has 4 rings (SSSR count). The van der Waals surface area contributed by atoms with E-state index in [-0.39, 0.29) is 11.7 Å². The van der Waals surface area contributed by atoms with Gasteiger partial charge >= 0.3 is 0 Å². The highest BCUT2D eigenvalue weighted by Gasteiger charge is 2.12. The van der Waals surface area contributed by atoms with E-state index in [1.165, 1.54) is 6.07 Å². The van der Waals surface area contributed by atoms with Gasteiger partial charge in [0.05, 0.1) is 17.6 Å². The third-order valence-corrected chi connectivity index (χ3v) is 5.74. The van der Waals surface area contributed by atoms with Gasteiger partial charge in [0.25, 0.3) is 5.91 Å². The van der Waals surface area contributed by atoms with Crippen molar-refractivity contribution in [2.24, 2.45) is 0 Å². The summed E-state index contributed by atoms with van der Waals surface area (Å²) in [6.45, 7) is 1.08. The average molecular weight is 450 g/mol. The number of hydrogen-bond donors (Lipinski definition) is 1. The number of unbranched alkanes of at least 4 members (excludes halogenated alkanes) is 2. The summed E-state index contributed by atoms with van der Waals surface area (Å²) in [6, 6.07) is 21.7. The zero-order valence-corrected chi connectivity index (χ0v) is 18.5. The molecule has 0 spiro atoms. The molecule has 0 fully saturated rings. The van der Waals surface area contributed by atoms with Crippen molar-refractivity contribution < 1.29 is 9.18 Å². The maximum absolute atomic E-state index is 14.2. The van der Waals surface area contributed by atoms with Crippen LogP contribution in [-0.2, 0) is 13.0 Å². The molecule has 0 saturated heterocycles. The number of aryl methyl sites for hydroxylation is 1. The second-order valence-corrected chi connectivity index (χ2v) is 8.20. The van der Waals surface area contributed by atoms with Crippen LogP contribution in [0.3, 0.4) is 0 Å². The molecule has 4 aromatic rings. The monoisotopic (exact) mass is 449 g/mol. The molecular formula is C26H25ClFN3O. The largest absolute Gasteiger partial charge is 0.352 e. The van der Waals surface area contributed by atoms with Gasteiger partial charge in [-0.05, 0) is 55.3 Å². The van der Waals surface area contributed by atoms with Crippen molar-refractivity contribution in [2.45, 2.75) is 32.2 Å². The summed E-state index contributed by atoms with van der Waals surface area (Å²) in [7, 11) is 0. The van der Waals surface area contributed by atoms with E-state index >= 15 is 0 Å². The number of hydrogen-bond acceptors (Lipinski definition) is 2. The third-order valence-electron chi connectivity index (χ3n) is 5.49. The van der Waals surface area contributed by atoms with Crippen LogP contribution in [0.5, 0.6) is 0 Å². The fourth-order valence-electron chi connectivity index (χ4n) is 3.78. The highest BCUT2D eigenvalue weighted by molar-refractivity contribution is 6.30. The third kappa shape index (κ3) is 5.35. The van der Waals surface area contributed by atoms with E-state index in [0.717, 1.165) is 42.5 Å². The Kier molecular flexibility index (Phi) is 7.17. The van der Waals surface area contributed by atoms with E-state index in [1.54, 1.807) is 30.3 Å². The Hall–Kier alpha value is -3.18. The van der Waals surface area contributed by atoms with Crippen LogP contribution in [0, 0.1) is 5.82 Å². The van der Waals surface area contributed by atoms with Crippen molar-refractivity contribution in [2.75, 3.05) is 6.54 Å². The highest BCUT2D eigenvalue weighted by atomic mass is 35.5. The molecule has 6 heteroatoms. The maximum Gasteiger partial charge on any atom is 0.251 e. The molecule has 32 heavy (non-hydrogen) atoms. The van der Waals surface area contributed by atoms with E-state index in [0.29, 0.717) is 29.2 Å². The molecular weight excluding hydrogens is 425 g/mol. The van der Waals surface area contributed by atoms with Gasteiger partial charge in [-0.15, -0.1) is 0 Å². The number of benzene rings is 3. The zero-order valence-electron chi connectivity index (χ0n) is 17.7. The molecule has 1 amide bonds. The molecule has 1 N–H and O–H groups in total. The average Bonchev–Trinajstić information content (AvgIpc) is 3.15. The first kappa shape index (κ1) is 22.0. The van der Waals surface area contributed by atoms with Crippen LogP contribution in [-0.4, -0.2) is 22.0 Å². The topological polar surface area (TPSA) is 46.9 Å². The minimum absolute atomic E-state index is 0.0895. The first-order valence-corrected chi connectivity index (χ1v) is 11.2. The Balaban J connectivity index is 1.33. The van der Waals surface area contributed by atoms with Gasteiger partial charge in [-0.25, -0.2) is 9.37 Å². The Bertz CT molecular complexity index is 1200. The molecule has 164 valence electrons. The van der Waals surface area contributed by atoms with Gasteiger partial charge in [0.15, 0.2) is 0 Å². The van der Waals surface area contributed by atoms with Gasteiger partial charge in [0.2, 0.25) is 0 Å². The number of rotatable bonds is 9. The van der Waals surface area contributed by atoms with E-state index < -0.39 is 0 Å². The number of halogens is 2. The lowest BCUT2D eigenvalue weighted by atomic mass is 10.1. The molecule has 0 bridgehead atoms. The van der Waals surface area contributed by atoms with Crippen LogP contribution >= 0.6 is 11.6 Å². The van der Waals surface area contributed by atoms with Gasteiger partial charge in [-0.1, -0.05) is 48.4 Å². The summed E-state index contributed by atoms with van der Waals surface area (Å²) in [5, 5.41) is 3.56. The normalized spacial score (nSPS) is 11.1. The Morgan fingerprint density at radius 3 is 2.50 bits per heavy atom. The molecule has 0 unspecified atom stereocenters. The number of nitrogens with zero attached hydrogens (tertiary/aromatic N) is 2. The first-order chi connectivity index (χ1) is 15.6. The molecule has 3 aromatic carbocycles. The lowest BCUT2D eigenvalue weighted by molar-refractivity contribution is 0.0953. The van der Waals surface area contributed by atoms with E-state index in [9.17, 15) is 9.18 Å². The summed E-state index contributed by atoms with van der Waals surface area (Å²) >= 11 is 5.86. The first-order valence-electron chi connectivity index (χ1n) is 10.8. The van der Waals surface area contributed by atoms with E-state index in [4.69, 9.17) is 16.6 Å². The lowest BCUT2D eigenvalue weighted by Gasteiger charge is -2.10. The Morgan fingerprint density at radius 1 is 0.938 bits per heavy atom. The number of aromatic nitrogens is 2. The highest BCUT2D eigenvalue weighted by Crippen LogP contribution is 2.20. The minimum Gasteiger partial charge on any atom is -0.352 e. The van der Waals surface area contributed by atoms with Crippen molar-refractivity contribution in [1.82, 2.24) is 14.9 Å². The summed E-state index contributed by atoms with van der Waals surface area (Å²) < 4.78 is 16.3. The standard InChI is InChI=1S/C26H25ClFN3O/c27-21-15-13-19(14-16-21)26(32)29-17-7-1-2-12-25-30-23-10-5-6-11-24(23)31(25)18-20-8-3-4-9-22(20)28/h3-6,8-11,13-16H,1-2,7,12,17-18H2,(H,29,32). The van der Waals surface area contributed by atoms with Gasteiger partial charge < -0.3 is 9.88 Å². The smallest absolute Gasteiger partial charge is 0.251 e. The van der Waals surface area contributed by atoms with Crippen molar-refractivity contribution in [3.05, 3.63) is 101 Å². The van der Waals surface area contributed by atoms with Gasteiger partial charge in [-0.2, -0.15) is 0 Å². The molecule has 1 aromatic heterocycles. The number of imidazole rings is 1. The SMILES string of the molecule is O=C(NCCCCCc1nc2ccccc2n1Cc1ccccc1F)c1ccc(Cl)cc1. The second kappa shape index (κ2) is 10.4. The molecule has 0 aliphatic carbocycles. The van der Waals surface area contributed by atoms with Crippen LogP contribution in [0.1, 0.15) is 41.0 Å². The molecule has 4 nitrogen and oxygen atoms in total. The van der Waals surface area contributed by atoms with Crippen molar-refractivity contribution in [1.29, 1.82) is 0 Å². The van der Waals surface area contributed by atoms with Crippen LogP contribution in [0.2, 0.25) is 5.02 Å². The zero-order chi connectivity index (χ0) is 22.3. The molecule has 0 atom stereocenters. The molecule has 0 aliphatic rings. The van der Waals surface area contributed by atoms with Crippen molar-refractivity contribution in [3.8, 4) is 0 Å². The summed E-state index contributed by atoms with van der Waals surface area (Å²) in [5.41, 5.74) is 3.20. The predicted molar refractivity (Wildman–Crippen MR) is 127 cm³/mol. The fourth-order valence-corrected chi connectivity index (χ4v) is 3.91. The van der Waals surface area contributed by atoms with E-state index in [2.05, 4.69) is 9.88 Å². The van der Waals surface area contributed by atoms with Crippen LogP contribution < -0.4 is 5.32 Å². The van der Waals surface area contributed by atoms with E-state index in [1.807, 2.05) is 36.4 Å². The number of fused-ring (bicyclic) bond motifs is 1. The molecule has 0 aliphatic heterocycles. The summed E-state index contributed by atoms with van der Waals surface area (Å²) in [6.07, 6.45) is 3.59. The van der Waals surface area contributed by atoms with Crippen LogP contribution in [0.25, 0.3) is 11.0 Å². The fraction of sp³-hybridized carbons (Fsp3) is 0.231. The van der Waals surface area contributed by atoms with Gasteiger partial charge in [-0.3, -0.25) is 4.79 Å². The Morgan fingerprint density at radius 2 is 1.69 bits per heavy atom. The van der Waals surface area contributed by atoms with Crippen molar-refractivity contribution in [3.63, 3.8) is 0 Å². The summed E-state index contributed by atoms with van der Waals surface area (Å²) in [4.78, 5) is 16.9. The molecule has 0 saturated carbocycles. The molecule has 1 heterocycles. The number of carbonyl (C=O) groups is 1. The summed E-state index contributed by atoms with van der Waals surface area (Å²) in [5.74, 6) is 0.667.